The predicted octanol–water partition coefficient (Wildman–Crippen LogP) is 2.03. The van der Waals surface area contributed by atoms with Crippen LogP contribution < -0.4 is 0 Å². The van der Waals surface area contributed by atoms with Crippen molar-refractivity contribution >= 4 is 15.9 Å². The maximum absolute atomic E-state index is 8.98. The fourth-order valence-electron chi connectivity index (χ4n) is 1.63. The van der Waals surface area contributed by atoms with E-state index in [1.54, 1.807) is 0 Å². The minimum absolute atomic E-state index is 0.00782. The molecule has 1 heterocycles. The highest BCUT2D eigenvalue weighted by atomic mass is 79.9. The summed E-state index contributed by atoms with van der Waals surface area (Å²) >= 11 is 3.38. The molecule has 15 heavy (non-hydrogen) atoms. The number of halogens is 1. The molecule has 1 aliphatic rings. The lowest BCUT2D eigenvalue weighted by molar-refractivity contribution is -0.165. The van der Waals surface area contributed by atoms with Gasteiger partial charge in [-0.15, -0.1) is 0 Å². The molecule has 0 aromatic heterocycles. The number of ether oxygens (including phenoxy) is 2. The second-order valence-corrected chi connectivity index (χ2v) is 4.60. The third-order valence-electron chi connectivity index (χ3n) is 2.51. The monoisotopic (exact) mass is 272 g/mol. The van der Waals surface area contributed by atoms with Crippen molar-refractivity contribution in [1.29, 1.82) is 0 Å². The van der Waals surface area contributed by atoms with Crippen LogP contribution in [0.4, 0.5) is 0 Å². The molecular weight excluding hydrogens is 260 g/mol. The number of benzene rings is 1. The lowest BCUT2D eigenvalue weighted by Crippen LogP contribution is -2.24. The first kappa shape index (κ1) is 11.1. The van der Waals surface area contributed by atoms with Crippen molar-refractivity contribution < 1.29 is 14.6 Å². The van der Waals surface area contributed by atoms with E-state index in [0.717, 1.165) is 10.0 Å². The van der Waals surface area contributed by atoms with Crippen molar-refractivity contribution in [2.24, 2.45) is 0 Å². The van der Waals surface area contributed by atoms with Gasteiger partial charge in [-0.1, -0.05) is 28.1 Å². The Morgan fingerprint density at radius 1 is 1.47 bits per heavy atom. The predicted molar refractivity (Wildman–Crippen MR) is 59.4 cm³/mol. The first-order valence-electron chi connectivity index (χ1n) is 4.83. The zero-order chi connectivity index (χ0) is 10.9. The van der Waals surface area contributed by atoms with Gasteiger partial charge in [-0.05, 0) is 19.1 Å². The van der Waals surface area contributed by atoms with Crippen LogP contribution in [0.25, 0.3) is 0 Å². The maximum atomic E-state index is 8.98. The van der Waals surface area contributed by atoms with Gasteiger partial charge in [0.1, 0.15) is 6.10 Å². The zero-order valence-electron chi connectivity index (χ0n) is 8.44. The highest BCUT2D eigenvalue weighted by Crippen LogP contribution is 2.34. The minimum atomic E-state index is -0.728. The molecule has 0 saturated carbocycles. The molecule has 1 aromatic rings. The molecule has 82 valence electrons. The molecule has 2 atom stereocenters. The van der Waals surface area contributed by atoms with Crippen LogP contribution in [0.15, 0.2) is 28.7 Å². The summed E-state index contributed by atoms with van der Waals surface area (Å²) in [4.78, 5) is 0. The van der Waals surface area contributed by atoms with Crippen molar-refractivity contribution in [2.75, 3.05) is 13.2 Å². The van der Waals surface area contributed by atoms with E-state index in [4.69, 9.17) is 14.6 Å². The molecule has 0 aliphatic carbocycles. The van der Waals surface area contributed by atoms with Crippen molar-refractivity contribution in [1.82, 2.24) is 0 Å². The Morgan fingerprint density at radius 3 is 2.67 bits per heavy atom. The van der Waals surface area contributed by atoms with Crippen molar-refractivity contribution in [3.63, 3.8) is 0 Å². The van der Waals surface area contributed by atoms with Gasteiger partial charge in [0, 0.05) is 10.0 Å². The summed E-state index contributed by atoms with van der Waals surface area (Å²) in [6.07, 6.45) is -0.223. The number of hydrogen-bond acceptors (Lipinski definition) is 3. The molecule has 1 fully saturated rings. The second kappa shape index (κ2) is 4.22. The lowest BCUT2D eigenvalue weighted by Gasteiger charge is -2.23. The molecule has 2 rings (SSSR count). The van der Waals surface area contributed by atoms with Crippen LogP contribution in [0.3, 0.4) is 0 Å². The van der Waals surface area contributed by atoms with E-state index >= 15 is 0 Å². The van der Waals surface area contributed by atoms with Gasteiger partial charge >= 0.3 is 0 Å². The molecule has 0 bridgehead atoms. The molecule has 0 spiro atoms. The highest BCUT2D eigenvalue weighted by Gasteiger charge is 2.38. The summed E-state index contributed by atoms with van der Waals surface area (Å²) in [6, 6.07) is 7.78. The number of rotatable bonds is 2. The number of aliphatic hydroxyl groups excluding tert-OH is 1. The van der Waals surface area contributed by atoms with Gasteiger partial charge in [-0.2, -0.15) is 0 Å². The van der Waals surface area contributed by atoms with Gasteiger partial charge in [-0.25, -0.2) is 0 Å². The number of hydrogen-bond donors (Lipinski definition) is 1. The third-order valence-corrected chi connectivity index (χ3v) is 3.04. The van der Waals surface area contributed by atoms with Crippen LogP contribution >= 0.6 is 15.9 Å². The van der Waals surface area contributed by atoms with Crippen LogP contribution in [0.1, 0.15) is 12.5 Å². The lowest BCUT2D eigenvalue weighted by atomic mass is 10.1. The Bertz CT molecular complexity index is 338. The first-order valence-corrected chi connectivity index (χ1v) is 5.62. The third kappa shape index (κ3) is 2.23. The summed E-state index contributed by atoms with van der Waals surface area (Å²) in [5, 5.41) is 8.98. The molecule has 1 saturated heterocycles. The Labute approximate surface area is 97.1 Å². The summed E-state index contributed by atoms with van der Waals surface area (Å²) in [7, 11) is 0. The molecule has 1 aromatic carbocycles. The van der Waals surface area contributed by atoms with E-state index in [0.29, 0.717) is 6.61 Å². The summed E-state index contributed by atoms with van der Waals surface area (Å²) < 4.78 is 12.2. The van der Waals surface area contributed by atoms with Gasteiger partial charge < -0.3 is 14.6 Å². The Hall–Kier alpha value is -0.420. The van der Waals surface area contributed by atoms with Crippen molar-refractivity contribution in [2.45, 2.75) is 18.8 Å². The Balaban J connectivity index is 2.20. The average molecular weight is 273 g/mol. The second-order valence-electron chi connectivity index (χ2n) is 3.69. The van der Waals surface area contributed by atoms with E-state index in [-0.39, 0.29) is 12.7 Å². The SMILES string of the molecule is C[C@@]1(c2ccc(Br)cc2)OC[C@H](CO)O1. The van der Waals surface area contributed by atoms with Gasteiger partial charge in [0.25, 0.3) is 0 Å². The largest absolute Gasteiger partial charge is 0.394 e. The van der Waals surface area contributed by atoms with E-state index < -0.39 is 5.79 Å². The van der Waals surface area contributed by atoms with Gasteiger partial charge in [0.15, 0.2) is 5.79 Å². The van der Waals surface area contributed by atoms with Crippen molar-refractivity contribution in [3.05, 3.63) is 34.3 Å². The summed E-state index contributed by atoms with van der Waals surface area (Å²) in [5.74, 6) is -0.728. The smallest absolute Gasteiger partial charge is 0.192 e. The van der Waals surface area contributed by atoms with E-state index in [1.165, 1.54) is 0 Å². The topological polar surface area (TPSA) is 38.7 Å². The molecular formula is C11H13BrO3. The zero-order valence-corrected chi connectivity index (χ0v) is 10.0. The molecule has 4 heteroatoms. The maximum Gasteiger partial charge on any atom is 0.192 e. The standard InChI is InChI=1S/C11H13BrO3/c1-11(14-7-10(6-13)15-11)8-2-4-9(12)5-3-8/h2-5,10,13H,6-7H2,1H3/t10-,11+/m0/s1. The summed E-state index contributed by atoms with van der Waals surface area (Å²) in [5.41, 5.74) is 0.960. The Morgan fingerprint density at radius 2 is 2.13 bits per heavy atom. The quantitative estimate of drug-likeness (QED) is 0.896. The van der Waals surface area contributed by atoms with Gasteiger partial charge in [0.2, 0.25) is 0 Å². The van der Waals surface area contributed by atoms with Gasteiger partial charge in [0.05, 0.1) is 13.2 Å². The van der Waals surface area contributed by atoms with Crippen LogP contribution in [0, 0.1) is 0 Å². The first-order chi connectivity index (χ1) is 7.14. The van der Waals surface area contributed by atoms with E-state index in [2.05, 4.69) is 15.9 Å². The minimum Gasteiger partial charge on any atom is -0.394 e. The normalized spacial score (nSPS) is 30.7. The average Bonchev–Trinajstić information content (AvgIpc) is 2.62. The van der Waals surface area contributed by atoms with E-state index in [1.807, 2.05) is 31.2 Å². The van der Waals surface area contributed by atoms with Gasteiger partial charge in [-0.3, -0.25) is 0 Å². The molecule has 0 radical (unpaired) electrons. The molecule has 1 N–H and O–H groups in total. The fourth-order valence-corrected chi connectivity index (χ4v) is 1.90. The van der Waals surface area contributed by atoms with Crippen LogP contribution in [0.2, 0.25) is 0 Å². The summed E-state index contributed by atoms with van der Waals surface area (Å²) in [6.45, 7) is 2.29. The highest BCUT2D eigenvalue weighted by molar-refractivity contribution is 9.10. The molecule has 3 nitrogen and oxygen atoms in total. The van der Waals surface area contributed by atoms with Crippen LogP contribution in [-0.2, 0) is 15.3 Å². The number of aliphatic hydroxyl groups is 1. The Kier molecular flexibility index (Phi) is 3.11. The van der Waals surface area contributed by atoms with E-state index in [9.17, 15) is 0 Å². The van der Waals surface area contributed by atoms with Crippen LogP contribution in [-0.4, -0.2) is 24.4 Å². The fraction of sp³-hybridized carbons (Fsp3) is 0.455. The molecule has 1 aliphatic heterocycles. The van der Waals surface area contributed by atoms with Crippen LogP contribution in [0.5, 0.6) is 0 Å². The van der Waals surface area contributed by atoms with Crippen molar-refractivity contribution in [3.8, 4) is 0 Å². The molecule has 0 unspecified atom stereocenters. The molecule has 0 amide bonds.